The normalized spacial score (nSPS) is 10.9. The molecule has 0 saturated heterocycles. The van der Waals surface area contributed by atoms with Gasteiger partial charge in [0.25, 0.3) is 0 Å². The Labute approximate surface area is 108 Å². The molecule has 0 radical (unpaired) electrons. The molecule has 1 aromatic carbocycles. The van der Waals surface area contributed by atoms with Gasteiger partial charge >= 0.3 is 5.97 Å². The summed E-state index contributed by atoms with van der Waals surface area (Å²) in [5, 5.41) is 0. The van der Waals surface area contributed by atoms with Gasteiger partial charge in [-0.1, -0.05) is 26.0 Å². The molecule has 0 aliphatic rings. The SMILES string of the molecule is CCOC(=O)c1cc(/C=C/OC)ccc1C(C)C. The Morgan fingerprint density at radius 1 is 1.39 bits per heavy atom. The third kappa shape index (κ3) is 3.62. The number of esters is 1. The van der Waals surface area contributed by atoms with Crippen molar-refractivity contribution in [1.29, 1.82) is 0 Å². The zero-order valence-corrected chi connectivity index (χ0v) is 11.4. The van der Waals surface area contributed by atoms with Crippen LogP contribution in [0, 0.1) is 0 Å². The number of rotatable bonds is 5. The molecule has 3 nitrogen and oxygen atoms in total. The molecule has 1 rings (SSSR count). The van der Waals surface area contributed by atoms with Crippen LogP contribution in [0.25, 0.3) is 6.08 Å². The van der Waals surface area contributed by atoms with Crippen LogP contribution < -0.4 is 0 Å². The van der Waals surface area contributed by atoms with Crippen molar-refractivity contribution >= 4 is 12.0 Å². The minimum atomic E-state index is -0.270. The van der Waals surface area contributed by atoms with Gasteiger partial charge in [0.2, 0.25) is 0 Å². The van der Waals surface area contributed by atoms with E-state index in [1.165, 1.54) is 0 Å². The molecule has 0 spiro atoms. The van der Waals surface area contributed by atoms with Crippen LogP contribution in [0.3, 0.4) is 0 Å². The lowest BCUT2D eigenvalue weighted by Gasteiger charge is -2.12. The fourth-order valence-electron chi connectivity index (χ4n) is 1.71. The van der Waals surface area contributed by atoms with Gasteiger partial charge in [-0.3, -0.25) is 0 Å². The highest BCUT2D eigenvalue weighted by molar-refractivity contribution is 5.92. The van der Waals surface area contributed by atoms with Crippen molar-refractivity contribution in [2.24, 2.45) is 0 Å². The highest BCUT2D eigenvalue weighted by Crippen LogP contribution is 2.22. The van der Waals surface area contributed by atoms with Crippen molar-refractivity contribution in [2.75, 3.05) is 13.7 Å². The van der Waals surface area contributed by atoms with E-state index >= 15 is 0 Å². The number of methoxy groups -OCH3 is 1. The molecule has 18 heavy (non-hydrogen) atoms. The zero-order chi connectivity index (χ0) is 13.5. The van der Waals surface area contributed by atoms with E-state index in [1.807, 2.05) is 31.2 Å². The number of hydrogen-bond acceptors (Lipinski definition) is 3. The second-order valence-corrected chi connectivity index (χ2v) is 4.26. The number of benzene rings is 1. The summed E-state index contributed by atoms with van der Waals surface area (Å²) in [6.07, 6.45) is 3.39. The maximum atomic E-state index is 11.9. The number of hydrogen-bond donors (Lipinski definition) is 0. The van der Waals surface area contributed by atoms with Gasteiger partial charge < -0.3 is 9.47 Å². The molecule has 0 atom stereocenters. The molecule has 98 valence electrons. The standard InChI is InChI=1S/C15H20O3/c1-5-18-15(16)14-10-12(8-9-17-4)6-7-13(14)11(2)3/h6-11H,5H2,1-4H3/b9-8+. The number of carbonyl (C=O) groups excluding carboxylic acids is 1. The van der Waals surface area contributed by atoms with Gasteiger partial charge in [-0.05, 0) is 36.1 Å². The van der Waals surface area contributed by atoms with E-state index in [0.29, 0.717) is 12.2 Å². The summed E-state index contributed by atoms with van der Waals surface area (Å²) < 4.78 is 9.96. The van der Waals surface area contributed by atoms with E-state index in [4.69, 9.17) is 9.47 Å². The Balaban J connectivity index is 3.15. The van der Waals surface area contributed by atoms with Gasteiger partial charge in [-0.15, -0.1) is 0 Å². The van der Waals surface area contributed by atoms with E-state index in [2.05, 4.69) is 13.8 Å². The quantitative estimate of drug-likeness (QED) is 0.590. The molecular formula is C15H20O3. The predicted molar refractivity (Wildman–Crippen MR) is 72.5 cm³/mol. The number of ether oxygens (including phenoxy) is 2. The van der Waals surface area contributed by atoms with E-state index in [1.54, 1.807) is 13.4 Å². The summed E-state index contributed by atoms with van der Waals surface area (Å²) in [5.74, 6) is 0.0127. The molecule has 0 fully saturated rings. The van der Waals surface area contributed by atoms with Gasteiger partial charge in [0.15, 0.2) is 0 Å². The van der Waals surface area contributed by atoms with Crippen molar-refractivity contribution < 1.29 is 14.3 Å². The largest absolute Gasteiger partial charge is 0.504 e. The van der Waals surface area contributed by atoms with Crippen LogP contribution in [0.1, 0.15) is 48.2 Å². The zero-order valence-electron chi connectivity index (χ0n) is 11.4. The van der Waals surface area contributed by atoms with E-state index in [9.17, 15) is 4.79 Å². The van der Waals surface area contributed by atoms with Crippen LogP contribution in [-0.4, -0.2) is 19.7 Å². The highest BCUT2D eigenvalue weighted by Gasteiger charge is 2.15. The summed E-state index contributed by atoms with van der Waals surface area (Å²) in [5.41, 5.74) is 2.55. The van der Waals surface area contributed by atoms with Gasteiger partial charge in [0.1, 0.15) is 0 Å². The Kier molecular flexibility index (Phi) is 5.43. The van der Waals surface area contributed by atoms with E-state index < -0.39 is 0 Å². The van der Waals surface area contributed by atoms with Crippen LogP contribution in [0.4, 0.5) is 0 Å². The first-order chi connectivity index (χ1) is 8.60. The summed E-state index contributed by atoms with van der Waals surface area (Å²) >= 11 is 0. The molecule has 0 aromatic heterocycles. The minimum absolute atomic E-state index is 0.270. The first-order valence-corrected chi connectivity index (χ1v) is 6.10. The Hall–Kier alpha value is -1.77. The first kappa shape index (κ1) is 14.3. The molecule has 0 heterocycles. The summed E-state index contributed by atoms with van der Waals surface area (Å²) in [6, 6.07) is 5.77. The summed E-state index contributed by atoms with van der Waals surface area (Å²) in [4.78, 5) is 11.9. The van der Waals surface area contributed by atoms with Crippen LogP contribution in [-0.2, 0) is 9.47 Å². The predicted octanol–water partition coefficient (Wildman–Crippen LogP) is 3.60. The molecule has 1 aromatic rings. The molecule has 0 bridgehead atoms. The fraction of sp³-hybridized carbons (Fsp3) is 0.400. The van der Waals surface area contributed by atoms with Crippen LogP contribution >= 0.6 is 0 Å². The maximum Gasteiger partial charge on any atom is 0.338 e. The average molecular weight is 248 g/mol. The molecule has 0 amide bonds. The Morgan fingerprint density at radius 3 is 2.67 bits per heavy atom. The molecular weight excluding hydrogens is 228 g/mol. The second kappa shape index (κ2) is 6.84. The third-order valence-corrected chi connectivity index (χ3v) is 2.59. The summed E-state index contributed by atoms with van der Waals surface area (Å²) in [6.45, 7) is 6.31. The van der Waals surface area contributed by atoms with Gasteiger partial charge in [0.05, 0.1) is 25.5 Å². The van der Waals surface area contributed by atoms with Crippen LogP contribution in [0.5, 0.6) is 0 Å². The molecule has 0 aliphatic heterocycles. The number of carbonyl (C=O) groups is 1. The molecule has 3 heteroatoms. The van der Waals surface area contributed by atoms with Gasteiger partial charge in [0, 0.05) is 0 Å². The monoisotopic (exact) mass is 248 g/mol. The smallest absolute Gasteiger partial charge is 0.338 e. The molecule has 0 N–H and O–H groups in total. The lowest BCUT2D eigenvalue weighted by Crippen LogP contribution is -2.09. The maximum absolute atomic E-state index is 11.9. The molecule has 0 saturated carbocycles. The lowest BCUT2D eigenvalue weighted by atomic mass is 9.95. The van der Waals surface area contributed by atoms with Crippen molar-refractivity contribution in [3.05, 3.63) is 41.2 Å². The third-order valence-electron chi connectivity index (χ3n) is 2.59. The van der Waals surface area contributed by atoms with Crippen molar-refractivity contribution in [3.8, 4) is 0 Å². The lowest BCUT2D eigenvalue weighted by molar-refractivity contribution is 0.0524. The fourth-order valence-corrected chi connectivity index (χ4v) is 1.71. The van der Waals surface area contributed by atoms with Gasteiger partial charge in [-0.2, -0.15) is 0 Å². The Bertz CT molecular complexity index is 433. The summed E-state index contributed by atoms with van der Waals surface area (Å²) in [7, 11) is 1.59. The molecule has 0 aliphatic carbocycles. The minimum Gasteiger partial charge on any atom is -0.504 e. The van der Waals surface area contributed by atoms with Crippen LogP contribution in [0.15, 0.2) is 24.5 Å². The average Bonchev–Trinajstić information content (AvgIpc) is 2.36. The highest BCUT2D eigenvalue weighted by atomic mass is 16.5. The van der Waals surface area contributed by atoms with Crippen molar-refractivity contribution in [2.45, 2.75) is 26.7 Å². The second-order valence-electron chi connectivity index (χ2n) is 4.26. The first-order valence-electron chi connectivity index (χ1n) is 6.10. The topological polar surface area (TPSA) is 35.5 Å². The van der Waals surface area contributed by atoms with Crippen LogP contribution in [0.2, 0.25) is 0 Å². The Morgan fingerprint density at radius 2 is 2.11 bits per heavy atom. The van der Waals surface area contributed by atoms with Crippen molar-refractivity contribution in [1.82, 2.24) is 0 Å². The van der Waals surface area contributed by atoms with E-state index in [0.717, 1.165) is 11.1 Å². The molecule has 0 unspecified atom stereocenters. The van der Waals surface area contributed by atoms with E-state index in [-0.39, 0.29) is 11.9 Å². The van der Waals surface area contributed by atoms with Gasteiger partial charge in [-0.25, -0.2) is 4.79 Å². The van der Waals surface area contributed by atoms with Crippen molar-refractivity contribution in [3.63, 3.8) is 0 Å².